The van der Waals surface area contributed by atoms with Crippen molar-refractivity contribution in [3.63, 3.8) is 0 Å². The lowest BCUT2D eigenvalue weighted by atomic mass is 10.0. The van der Waals surface area contributed by atoms with Gasteiger partial charge in [0.05, 0.1) is 31.1 Å². The zero-order chi connectivity index (χ0) is 16.4. The summed E-state index contributed by atoms with van der Waals surface area (Å²) in [6.45, 7) is 8.52. The summed E-state index contributed by atoms with van der Waals surface area (Å²) in [6.07, 6.45) is 0.585. The van der Waals surface area contributed by atoms with Crippen molar-refractivity contribution in [1.82, 2.24) is 15.0 Å². The first-order valence-electron chi connectivity index (χ1n) is 8.25. The standard InChI is InChI=1S/C16H25N3O4/c1-12(2)13-9-14(23-17-13)15(20)19-4-3-16(21,11-19)10-18-5-7-22-8-6-18/h9,12,21H,3-8,10-11H2,1-2H3/t16-/m0/s1. The second-order valence-electron chi connectivity index (χ2n) is 6.86. The van der Waals surface area contributed by atoms with E-state index < -0.39 is 5.60 Å². The molecule has 0 saturated carbocycles. The maximum Gasteiger partial charge on any atom is 0.292 e. The minimum Gasteiger partial charge on any atom is -0.387 e. The molecule has 2 aliphatic heterocycles. The van der Waals surface area contributed by atoms with Crippen molar-refractivity contribution in [1.29, 1.82) is 0 Å². The SMILES string of the molecule is CC(C)c1cc(C(=O)N2CC[C@](O)(CN3CCOCC3)C2)on1. The average molecular weight is 323 g/mol. The molecule has 1 atom stereocenters. The van der Waals surface area contributed by atoms with Crippen LogP contribution in [0.1, 0.15) is 42.4 Å². The molecule has 2 aliphatic rings. The van der Waals surface area contributed by atoms with Crippen molar-refractivity contribution in [2.45, 2.75) is 31.8 Å². The Morgan fingerprint density at radius 2 is 2.13 bits per heavy atom. The monoisotopic (exact) mass is 323 g/mol. The van der Waals surface area contributed by atoms with Gasteiger partial charge in [-0.25, -0.2) is 0 Å². The third-order valence-electron chi connectivity index (χ3n) is 4.57. The van der Waals surface area contributed by atoms with Crippen molar-refractivity contribution >= 4 is 5.91 Å². The van der Waals surface area contributed by atoms with Gasteiger partial charge in [-0.1, -0.05) is 19.0 Å². The van der Waals surface area contributed by atoms with Crippen molar-refractivity contribution in [3.8, 4) is 0 Å². The fourth-order valence-electron chi connectivity index (χ4n) is 3.15. The number of hydrogen-bond acceptors (Lipinski definition) is 6. The summed E-state index contributed by atoms with van der Waals surface area (Å²) in [5.74, 6) is 0.281. The number of β-amino-alcohol motifs (C(OH)–C–C–N with tert-alkyl or cyclic N) is 1. The van der Waals surface area contributed by atoms with E-state index in [1.54, 1.807) is 11.0 Å². The Kier molecular flexibility index (Phi) is 4.70. The van der Waals surface area contributed by atoms with E-state index in [2.05, 4.69) is 10.1 Å². The highest BCUT2D eigenvalue weighted by atomic mass is 16.5. The van der Waals surface area contributed by atoms with E-state index in [9.17, 15) is 9.90 Å². The number of likely N-dealkylation sites (tertiary alicyclic amines) is 1. The number of nitrogens with zero attached hydrogens (tertiary/aromatic N) is 3. The quantitative estimate of drug-likeness (QED) is 0.879. The second-order valence-corrected chi connectivity index (χ2v) is 6.86. The predicted octanol–water partition coefficient (Wildman–Crippen LogP) is 0.707. The zero-order valence-electron chi connectivity index (χ0n) is 13.8. The Labute approximate surface area is 136 Å². The molecular weight excluding hydrogens is 298 g/mol. The summed E-state index contributed by atoms with van der Waals surface area (Å²) in [7, 11) is 0. The van der Waals surface area contributed by atoms with E-state index in [0.29, 0.717) is 39.3 Å². The first-order chi connectivity index (χ1) is 11.0. The first-order valence-corrected chi connectivity index (χ1v) is 8.25. The van der Waals surface area contributed by atoms with Crippen LogP contribution < -0.4 is 0 Å². The van der Waals surface area contributed by atoms with Gasteiger partial charge >= 0.3 is 0 Å². The third-order valence-corrected chi connectivity index (χ3v) is 4.57. The van der Waals surface area contributed by atoms with Crippen LogP contribution in [-0.4, -0.2) is 77.5 Å². The van der Waals surface area contributed by atoms with Gasteiger partial charge in [-0.3, -0.25) is 9.69 Å². The van der Waals surface area contributed by atoms with Crippen molar-refractivity contribution in [3.05, 3.63) is 17.5 Å². The van der Waals surface area contributed by atoms with E-state index in [1.807, 2.05) is 13.8 Å². The summed E-state index contributed by atoms with van der Waals surface area (Å²) in [6, 6.07) is 1.70. The molecule has 1 aromatic heterocycles. The van der Waals surface area contributed by atoms with Gasteiger partial charge in [0.2, 0.25) is 5.76 Å². The maximum atomic E-state index is 12.5. The molecule has 1 aromatic rings. The molecule has 128 valence electrons. The molecule has 3 rings (SSSR count). The second kappa shape index (κ2) is 6.59. The predicted molar refractivity (Wildman–Crippen MR) is 83.3 cm³/mol. The highest BCUT2D eigenvalue weighted by Crippen LogP contribution is 2.25. The van der Waals surface area contributed by atoms with E-state index in [4.69, 9.17) is 9.26 Å². The molecule has 7 nitrogen and oxygen atoms in total. The van der Waals surface area contributed by atoms with E-state index in [0.717, 1.165) is 18.8 Å². The Balaban J connectivity index is 1.60. The van der Waals surface area contributed by atoms with Gasteiger partial charge in [0.25, 0.3) is 5.91 Å². The smallest absolute Gasteiger partial charge is 0.292 e. The fourth-order valence-corrected chi connectivity index (χ4v) is 3.15. The van der Waals surface area contributed by atoms with Crippen LogP contribution in [0.5, 0.6) is 0 Å². The van der Waals surface area contributed by atoms with Gasteiger partial charge < -0.3 is 19.3 Å². The number of amides is 1. The molecule has 0 aliphatic carbocycles. The van der Waals surface area contributed by atoms with Crippen molar-refractivity contribution in [2.75, 3.05) is 45.9 Å². The number of ether oxygens (including phenoxy) is 1. The van der Waals surface area contributed by atoms with Crippen LogP contribution in [0.3, 0.4) is 0 Å². The molecule has 1 amide bonds. The van der Waals surface area contributed by atoms with Crippen molar-refractivity contribution < 1.29 is 19.2 Å². The molecule has 0 radical (unpaired) electrons. The topological polar surface area (TPSA) is 79.0 Å². The lowest BCUT2D eigenvalue weighted by Gasteiger charge is -2.33. The van der Waals surface area contributed by atoms with Gasteiger partial charge in [0, 0.05) is 32.2 Å². The molecule has 0 unspecified atom stereocenters. The zero-order valence-corrected chi connectivity index (χ0v) is 13.8. The number of aliphatic hydroxyl groups is 1. The van der Waals surface area contributed by atoms with E-state index in [1.165, 1.54) is 0 Å². The van der Waals surface area contributed by atoms with Crippen LogP contribution in [0, 0.1) is 0 Å². The lowest BCUT2D eigenvalue weighted by Crippen LogP contribution is -2.49. The largest absolute Gasteiger partial charge is 0.387 e. The van der Waals surface area contributed by atoms with Gasteiger partial charge in [-0.2, -0.15) is 0 Å². The summed E-state index contributed by atoms with van der Waals surface area (Å²) in [4.78, 5) is 16.4. The molecule has 3 heterocycles. The molecule has 7 heteroatoms. The molecule has 2 saturated heterocycles. The molecule has 0 bridgehead atoms. The number of carbonyl (C=O) groups excluding carboxylic acids is 1. The van der Waals surface area contributed by atoms with Crippen LogP contribution in [0.25, 0.3) is 0 Å². The molecule has 23 heavy (non-hydrogen) atoms. The highest BCUT2D eigenvalue weighted by Gasteiger charge is 2.40. The van der Waals surface area contributed by atoms with Crippen LogP contribution in [0.15, 0.2) is 10.6 Å². The summed E-state index contributed by atoms with van der Waals surface area (Å²) in [5.41, 5.74) is -0.0791. The number of rotatable bonds is 4. The molecule has 2 fully saturated rings. The Bertz CT molecular complexity index is 553. The average Bonchev–Trinajstić information content (AvgIpc) is 3.15. The first kappa shape index (κ1) is 16.4. The maximum absolute atomic E-state index is 12.5. The van der Waals surface area contributed by atoms with Crippen LogP contribution in [0.4, 0.5) is 0 Å². The number of morpholine rings is 1. The van der Waals surface area contributed by atoms with E-state index >= 15 is 0 Å². The van der Waals surface area contributed by atoms with Crippen molar-refractivity contribution in [2.24, 2.45) is 0 Å². The number of aromatic nitrogens is 1. The Morgan fingerprint density at radius 3 is 2.78 bits per heavy atom. The van der Waals surface area contributed by atoms with Crippen LogP contribution in [-0.2, 0) is 4.74 Å². The number of hydrogen-bond donors (Lipinski definition) is 1. The Morgan fingerprint density at radius 1 is 1.39 bits per heavy atom. The van der Waals surface area contributed by atoms with E-state index in [-0.39, 0.29) is 17.6 Å². The lowest BCUT2D eigenvalue weighted by molar-refractivity contribution is -0.0258. The van der Waals surface area contributed by atoms with Gasteiger partial charge in [-0.15, -0.1) is 0 Å². The third kappa shape index (κ3) is 3.73. The Hall–Kier alpha value is -1.44. The summed E-state index contributed by atoms with van der Waals surface area (Å²) >= 11 is 0. The van der Waals surface area contributed by atoms with Gasteiger partial charge in [-0.05, 0) is 12.3 Å². The summed E-state index contributed by atoms with van der Waals surface area (Å²) in [5, 5.41) is 14.7. The van der Waals surface area contributed by atoms with Gasteiger partial charge in [0.15, 0.2) is 0 Å². The normalized spacial score (nSPS) is 26.2. The minimum atomic E-state index is -0.853. The number of carbonyl (C=O) groups is 1. The summed E-state index contributed by atoms with van der Waals surface area (Å²) < 4.78 is 10.5. The molecule has 0 aromatic carbocycles. The van der Waals surface area contributed by atoms with Gasteiger partial charge in [0.1, 0.15) is 0 Å². The van der Waals surface area contributed by atoms with Crippen LogP contribution >= 0.6 is 0 Å². The molecular formula is C16H25N3O4. The molecule has 1 N–H and O–H groups in total. The fraction of sp³-hybridized carbons (Fsp3) is 0.750. The highest BCUT2D eigenvalue weighted by molar-refractivity contribution is 5.91. The molecule has 0 spiro atoms. The van der Waals surface area contributed by atoms with Crippen LogP contribution in [0.2, 0.25) is 0 Å². The minimum absolute atomic E-state index is 0.192.